The first-order valence-electron chi connectivity index (χ1n) is 3.06. The van der Waals surface area contributed by atoms with Gasteiger partial charge in [0.25, 0.3) is 0 Å². The maximum absolute atomic E-state index is 8.74. The topological polar surface area (TPSA) is 74.6 Å². The zero-order valence-corrected chi connectivity index (χ0v) is 8.09. The van der Waals surface area contributed by atoms with Crippen LogP contribution in [0.2, 0.25) is 0 Å². The molecule has 0 radical (unpaired) electrons. The monoisotopic (exact) mass is 186 g/mol. The van der Waals surface area contributed by atoms with Crippen LogP contribution in [0.3, 0.4) is 0 Å². The van der Waals surface area contributed by atoms with Gasteiger partial charge in [-0.3, -0.25) is 9.11 Å². The van der Waals surface area contributed by atoms with E-state index in [0.29, 0.717) is 0 Å². The molecule has 0 amide bonds. The van der Waals surface area contributed by atoms with E-state index in [1.54, 1.807) is 0 Å². The van der Waals surface area contributed by atoms with Crippen molar-refractivity contribution in [2.24, 2.45) is 0 Å². The molecular weight excluding hydrogens is 170 g/mol. The Balaban J connectivity index is 0. The molecule has 0 heterocycles. The lowest BCUT2D eigenvalue weighted by Crippen LogP contribution is -2.33. The Morgan fingerprint density at radius 1 is 1.18 bits per heavy atom. The van der Waals surface area contributed by atoms with Gasteiger partial charge in [-0.25, -0.2) is 0 Å². The third-order valence-corrected chi connectivity index (χ3v) is 0.949. The molecule has 0 fully saturated rings. The summed E-state index contributed by atoms with van der Waals surface area (Å²) in [7, 11) is 1.88. The van der Waals surface area contributed by atoms with Gasteiger partial charge in [-0.15, -0.1) is 0 Å². The second kappa shape index (κ2) is 4.66. The van der Waals surface area contributed by atoms with Gasteiger partial charge >= 0.3 is 10.4 Å². The van der Waals surface area contributed by atoms with Crippen LogP contribution in [0.25, 0.3) is 0 Å². The van der Waals surface area contributed by atoms with Crippen LogP contribution in [-0.4, -0.2) is 49.7 Å². The van der Waals surface area contributed by atoms with Crippen LogP contribution in [0.1, 0.15) is 6.92 Å². The van der Waals surface area contributed by atoms with E-state index in [-0.39, 0.29) is 0 Å². The van der Waals surface area contributed by atoms with Gasteiger partial charge < -0.3 is 4.48 Å². The first-order valence-corrected chi connectivity index (χ1v) is 4.46. The van der Waals surface area contributed by atoms with Crippen LogP contribution >= 0.6 is 0 Å². The van der Waals surface area contributed by atoms with E-state index in [1.807, 2.05) is 0 Å². The Labute approximate surface area is 67.8 Å². The minimum absolute atomic E-state index is 1.07. The van der Waals surface area contributed by atoms with Gasteiger partial charge in [0, 0.05) is 0 Å². The average Bonchev–Trinajstić information content (AvgIpc) is 1.59. The Hall–Kier alpha value is -0.170. The van der Waals surface area contributed by atoms with Crippen LogP contribution in [0.4, 0.5) is 0 Å². The molecule has 6 heteroatoms. The normalized spacial score (nSPS) is 11.8. The molecule has 0 aliphatic carbocycles. The van der Waals surface area contributed by atoms with Crippen molar-refractivity contribution in [1.82, 2.24) is 0 Å². The summed E-state index contributed by atoms with van der Waals surface area (Å²) in [6, 6.07) is 0. The highest BCUT2D eigenvalue weighted by molar-refractivity contribution is 7.79. The summed E-state index contributed by atoms with van der Waals surface area (Å²) in [6.07, 6.45) is 0. The Morgan fingerprint density at radius 2 is 1.27 bits per heavy atom. The minimum Gasteiger partial charge on any atom is -0.331 e. The fourth-order valence-electron chi connectivity index (χ4n) is 0. The molecule has 5 nitrogen and oxygen atoms in total. The summed E-state index contributed by atoms with van der Waals surface area (Å²) in [4.78, 5) is 0. The lowest BCUT2D eigenvalue weighted by atomic mass is 10.6. The molecule has 0 aromatic carbocycles. The first kappa shape index (κ1) is 13.4. The predicted molar refractivity (Wildman–Crippen MR) is 42.8 cm³/mol. The van der Waals surface area contributed by atoms with E-state index in [1.165, 1.54) is 6.54 Å². The smallest absolute Gasteiger partial charge is 0.331 e. The molecule has 0 saturated carbocycles. The van der Waals surface area contributed by atoms with Crippen LogP contribution in [0.5, 0.6) is 0 Å². The van der Waals surface area contributed by atoms with E-state index < -0.39 is 10.4 Å². The van der Waals surface area contributed by atoms with Gasteiger partial charge in [0.05, 0.1) is 27.7 Å². The van der Waals surface area contributed by atoms with Crippen LogP contribution in [-0.2, 0) is 10.4 Å². The summed E-state index contributed by atoms with van der Waals surface area (Å²) < 4.78 is 32.7. The number of quaternary nitrogens is 1. The quantitative estimate of drug-likeness (QED) is 0.448. The van der Waals surface area contributed by atoms with Crippen LogP contribution in [0, 0.1) is 0 Å². The molecule has 0 saturated heterocycles. The summed E-state index contributed by atoms with van der Waals surface area (Å²) in [5, 5.41) is 0. The molecule has 0 aromatic heterocycles. The molecule has 0 rings (SSSR count). The highest BCUT2D eigenvalue weighted by Gasteiger charge is 1.97. The maximum atomic E-state index is 8.74. The van der Waals surface area contributed by atoms with Crippen molar-refractivity contribution in [2.75, 3.05) is 27.7 Å². The second-order valence-electron chi connectivity index (χ2n) is 3.05. The molecule has 0 aliphatic rings. The van der Waals surface area contributed by atoms with E-state index in [4.69, 9.17) is 17.5 Å². The van der Waals surface area contributed by atoms with Gasteiger partial charge in [0.15, 0.2) is 0 Å². The van der Waals surface area contributed by atoms with Crippen molar-refractivity contribution in [3.8, 4) is 0 Å². The van der Waals surface area contributed by atoms with Gasteiger partial charge in [0.2, 0.25) is 0 Å². The van der Waals surface area contributed by atoms with Gasteiger partial charge in [-0.05, 0) is 6.92 Å². The maximum Gasteiger partial charge on any atom is 0.394 e. The van der Waals surface area contributed by atoms with E-state index in [0.717, 1.165) is 4.48 Å². The molecule has 0 bridgehead atoms. The van der Waals surface area contributed by atoms with Crippen LogP contribution < -0.4 is 0 Å². The molecule has 2 N–H and O–H groups in total. The lowest BCUT2D eigenvalue weighted by Gasteiger charge is -2.20. The lowest BCUT2D eigenvalue weighted by molar-refractivity contribution is -0.868. The number of rotatable bonds is 1. The molecular formula is C5H16NO4S+. The summed E-state index contributed by atoms with van der Waals surface area (Å²) >= 11 is 0. The number of nitrogens with zero attached hydrogens (tertiary/aromatic N) is 1. The fourth-order valence-corrected chi connectivity index (χ4v) is 0. The summed E-state index contributed by atoms with van der Waals surface area (Å²) in [5.41, 5.74) is 0. The van der Waals surface area contributed by atoms with E-state index in [9.17, 15) is 0 Å². The van der Waals surface area contributed by atoms with Gasteiger partial charge in [-0.2, -0.15) is 8.42 Å². The zero-order valence-electron chi connectivity index (χ0n) is 7.27. The Morgan fingerprint density at radius 3 is 1.27 bits per heavy atom. The van der Waals surface area contributed by atoms with E-state index >= 15 is 0 Å². The van der Waals surface area contributed by atoms with Gasteiger partial charge in [0.1, 0.15) is 0 Å². The molecule has 0 atom stereocenters. The molecule has 0 aliphatic heterocycles. The average molecular weight is 186 g/mol. The third kappa shape index (κ3) is 75.2. The van der Waals surface area contributed by atoms with Crippen molar-refractivity contribution in [3.63, 3.8) is 0 Å². The number of hydrogen-bond donors (Lipinski definition) is 2. The Bertz CT molecular complexity index is 171. The molecule has 70 valence electrons. The zero-order chi connectivity index (χ0) is 9.71. The molecule has 0 aromatic rings. The van der Waals surface area contributed by atoms with Crippen molar-refractivity contribution in [2.45, 2.75) is 6.92 Å². The van der Waals surface area contributed by atoms with Gasteiger partial charge in [-0.1, -0.05) is 0 Å². The summed E-state index contributed by atoms with van der Waals surface area (Å²) in [5.74, 6) is 0. The largest absolute Gasteiger partial charge is 0.394 e. The van der Waals surface area contributed by atoms with Crippen molar-refractivity contribution in [3.05, 3.63) is 0 Å². The van der Waals surface area contributed by atoms with Crippen molar-refractivity contribution in [1.29, 1.82) is 0 Å². The van der Waals surface area contributed by atoms with Crippen molar-refractivity contribution >= 4 is 10.4 Å². The fraction of sp³-hybridized carbons (Fsp3) is 1.00. The highest BCUT2D eigenvalue weighted by atomic mass is 32.3. The standard InChI is InChI=1S/C5H14N.H2O4S/c1-5-6(2,3)4;1-5(2,3)4/h5H2,1-4H3;(H2,1,2,3,4)/q+1;. The molecule has 0 unspecified atom stereocenters. The number of hydrogen-bond acceptors (Lipinski definition) is 2. The third-order valence-electron chi connectivity index (χ3n) is 0.949. The van der Waals surface area contributed by atoms with Crippen LogP contribution in [0.15, 0.2) is 0 Å². The van der Waals surface area contributed by atoms with Crippen molar-refractivity contribution < 1.29 is 22.0 Å². The molecule has 0 spiro atoms. The van der Waals surface area contributed by atoms with E-state index in [2.05, 4.69) is 28.1 Å². The SMILES string of the molecule is CC[N+](C)(C)C.O=S(=O)(O)O. The molecule has 11 heavy (non-hydrogen) atoms. The predicted octanol–water partition coefficient (Wildman–Crippen LogP) is 0.0597. The first-order chi connectivity index (χ1) is 4.56. The second-order valence-corrected chi connectivity index (χ2v) is 3.95. The Kier molecular flexibility index (Phi) is 5.68. The summed E-state index contributed by atoms with van der Waals surface area (Å²) in [6.45, 7) is 3.39. The highest BCUT2D eigenvalue weighted by Crippen LogP contribution is 1.83. The minimum atomic E-state index is -4.67.